The van der Waals surface area contributed by atoms with E-state index in [2.05, 4.69) is 73.0 Å². The van der Waals surface area contributed by atoms with Crippen LogP contribution in [-0.2, 0) is 14.3 Å². The van der Waals surface area contributed by atoms with Gasteiger partial charge in [0.05, 0.1) is 13.7 Å². The molecule has 2 aromatic rings. The molecule has 1 N–H and O–H groups in total. The van der Waals surface area contributed by atoms with E-state index in [1.807, 2.05) is 0 Å². The average Bonchev–Trinajstić information content (AvgIpc) is 3.39. The molecule has 2 aliphatic rings. The van der Waals surface area contributed by atoms with Crippen LogP contribution in [0.1, 0.15) is 44.2 Å². The Balaban J connectivity index is 1.38. The highest BCUT2D eigenvalue weighted by Crippen LogP contribution is 2.33. The van der Waals surface area contributed by atoms with Crippen molar-refractivity contribution in [2.24, 2.45) is 0 Å². The fraction of sp³-hybridized carbons (Fsp3) is 0.538. The Bertz CT molecular complexity index is 968. The molecule has 1 unspecified atom stereocenters. The van der Waals surface area contributed by atoms with Gasteiger partial charge in [-0.3, -0.25) is 14.5 Å². The van der Waals surface area contributed by atoms with Gasteiger partial charge in [0.25, 0.3) is 0 Å². The zero-order chi connectivity index (χ0) is 23.9. The second-order valence-electron chi connectivity index (χ2n) is 9.16. The number of hydrogen-bond donors (Lipinski definition) is 1. The first-order valence-electron chi connectivity index (χ1n) is 12.3. The van der Waals surface area contributed by atoms with Crippen LogP contribution in [0.2, 0.25) is 0 Å². The van der Waals surface area contributed by atoms with Crippen LogP contribution < -0.4 is 5.32 Å². The molecule has 0 aliphatic carbocycles. The van der Waals surface area contributed by atoms with Crippen molar-refractivity contribution in [3.63, 3.8) is 0 Å². The number of nitrogens with one attached hydrogen (secondary N) is 1. The molecule has 184 valence electrons. The monoisotopic (exact) mass is 484 g/mol. The molecule has 4 rings (SSSR count). The summed E-state index contributed by atoms with van der Waals surface area (Å²) in [4.78, 5) is 26.5. The Morgan fingerprint density at radius 1 is 1.09 bits per heavy atom. The summed E-state index contributed by atoms with van der Waals surface area (Å²) in [6.07, 6.45) is 4.44. The van der Waals surface area contributed by atoms with Crippen LogP contribution in [0.5, 0.6) is 0 Å². The van der Waals surface area contributed by atoms with Crippen molar-refractivity contribution in [2.75, 3.05) is 46.4 Å². The molecule has 2 heterocycles. The number of esters is 1. The van der Waals surface area contributed by atoms with Crippen LogP contribution in [0.25, 0.3) is 10.8 Å². The molecule has 2 aliphatic heterocycles. The third-order valence-electron chi connectivity index (χ3n) is 6.97. The van der Waals surface area contributed by atoms with Gasteiger partial charge < -0.3 is 10.1 Å². The van der Waals surface area contributed by atoms with Crippen LogP contribution in [0.15, 0.2) is 42.5 Å². The molecule has 2 fully saturated rings. The quantitative estimate of drug-likeness (QED) is 0.431. The molecule has 8 heteroatoms. The van der Waals surface area contributed by atoms with Gasteiger partial charge in [0.2, 0.25) is 5.91 Å². The second-order valence-corrected chi connectivity index (χ2v) is 10.3. The highest BCUT2D eigenvalue weighted by atomic mass is 32.2. The molecule has 0 saturated carbocycles. The molecular formula is C26H36N4O3S. The van der Waals surface area contributed by atoms with E-state index in [1.165, 1.54) is 36.3 Å². The minimum atomic E-state index is -0.428. The number of amides is 1. The number of methoxy groups -OCH3 is 1. The zero-order valence-corrected chi connectivity index (χ0v) is 21.1. The van der Waals surface area contributed by atoms with E-state index in [4.69, 9.17) is 0 Å². The fourth-order valence-corrected chi connectivity index (χ4v) is 6.19. The van der Waals surface area contributed by atoms with Crippen molar-refractivity contribution in [2.45, 2.75) is 44.7 Å². The lowest BCUT2D eigenvalue weighted by atomic mass is 9.96. The molecular weight excluding hydrogens is 448 g/mol. The lowest BCUT2D eigenvalue weighted by Gasteiger charge is -2.41. The van der Waals surface area contributed by atoms with Gasteiger partial charge >= 0.3 is 5.97 Å². The summed E-state index contributed by atoms with van der Waals surface area (Å²) in [5, 5.41) is 5.31. The largest absolute Gasteiger partial charge is 0.468 e. The van der Waals surface area contributed by atoms with Crippen molar-refractivity contribution in [1.29, 1.82) is 0 Å². The maximum atomic E-state index is 12.6. The Morgan fingerprint density at radius 3 is 2.53 bits per heavy atom. The topological polar surface area (TPSA) is 65.1 Å². The van der Waals surface area contributed by atoms with E-state index < -0.39 is 5.97 Å². The van der Waals surface area contributed by atoms with Gasteiger partial charge in [-0.25, -0.2) is 8.61 Å². The van der Waals surface area contributed by atoms with Gasteiger partial charge in [-0.2, -0.15) is 0 Å². The summed E-state index contributed by atoms with van der Waals surface area (Å²) in [6, 6.07) is 15.9. The first-order valence-corrected chi connectivity index (χ1v) is 13.0. The molecule has 0 spiro atoms. The van der Waals surface area contributed by atoms with Crippen molar-refractivity contribution in [3.05, 3.63) is 48.0 Å². The number of likely N-dealkylation sites (tertiary alicyclic amines) is 1. The van der Waals surface area contributed by atoms with Crippen LogP contribution in [0.3, 0.4) is 0 Å². The van der Waals surface area contributed by atoms with Crippen LogP contribution in [-0.4, -0.2) is 77.8 Å². The van der Waals surface area contributed by atoms with E-state index in [-0.39, 0.29) is 19.0 Å². The molecule has 0 aromatic heterocycles. The number of carbonyl (C=O) groups is 2. The van der Waals surface area contributed by atoms with Crippen molar-refractivity contribution in [3.8, 4) is 0 Å². The number of benzene rings is 2. The second kappa shape index (κ2) is 12.0. The molecule has 0 radical (unpaired) electrons. The average molecular weight is 485 g/mol. The van der Waals surface area contributed by atoms with Gasteiger partial charge in [0.15, 0.2) is 0 Å². The van der Waals surface area contributed by atoms with Crippen LogP contribution in [0, 0.1) is 0 Å². The standard InChI is InChI=1S/C26H36N4O3S/c1-20(23-11-7-9-21-8-3-4-10-24(21)23)28-16-12-22(13-17-28)30(34-29-14-5-6-15-29)19-25(31)27-18-26(32)33-2/h3-4,7-11,20,22H,5-6,12-19H2,1-2H3,(H,27,31). The summed E-state index contributed by atoms with van der Waals surface area (Å²) in [5.41, 5.74) is 1.38. The third kappa shape index (κ3) is 6.30. The number of carbonyl (C=O) groups excluding carboxylic acids is 2. The van der Waals surface area contributed by atoms with Crippen molar-refractivity contribution < 1.29 is 14.3 Å². The van der Waals surface area contributed by atoms with E-state index in [0.717, 1.165) is 39.0 Å². The Labute approximate surface area is 207 Å². The third-order valence-corrected chi connectivity index (χ3v) is 8.20. The Hall–Kier alpha value is -2.13. The molecule has 2 saturated heterocycles. The predicted molar refractivity (Wildman–Crippen MR) is 137 cm³/mol. The lowest BCUT2D eigenvalue weighted by molar-refractivity contribution is -0.141. The number of rotatable bonds is 9. The highest BCUT2D eigenvalue weighted by molar-refractivity contribution is 7.94. The van der Waals surface area contributed by atoms with E-state index in [1.54, 1.807) is 12.1 Å². The Morgan fingerprint density at radius 2 is 1.79 bits per heavy atom. The molecule has 2 aromatic carbocycles. The number of nitrogens with zero attached hydrogens (tertiary/aromatic N) is 3. The number of hydrogen-bond acceptors (Lipinski definition) is 7. The van der Waals surface area contributed by atoms with E-state index in [0.29, 0.717) is 12.1 Å². The minimum absolute atomic E-state index is 0.0848. The van der Waals surface area contributed by atoms with Gasteiger partial charge in [0.1, 0.15) is 6.54 Å². The molecule has 0 bridgehead atoms. The number of fused-ring (bicyclic) bond motifs is 1. The van der Waals surface area contributed by atoms with Crippen LogP contribution in [0.4, 0.5) is 0 Å². The molecule has 1 atom stereocenters. The summed E-state index contributed by atoms with van der Waals surface area (Å²) >= 11 is 1.71. The van der Waals surface area contributed by atoms with Gasteiger partial charge in [-0.05, 0) is 48.9 Å². The maximum Gasteiger partial charge on any atom is 0.325 e. The van der Waals surface area contributed by atoms with E-state index in [9.17, 15) is 9.59 Å². The number of piperidine rings is 1. The van der Waals surface area contributed by atoms with Crippen molar-refractivity contribution >= 4 is 34.8 Å². The predicted octanol–water partition coefficient (Wildman–Crippen LogP) is 3.62. The normalized spacial score (nSPS) is 18.9. The molecule has 7 nitrogen and oxygen atoms in total. The van der Waals surface area contributed by atoms with Crippen LogP contribution >= 0.6 is 12.1 Å². The first kappa shape index (κ1) is 25.0. The highest BCUT2D eigenvalue weighted by Gasteiger charge is 2.31. The molecule has 34 heavy (non-hydrogen) atoms. The Kier molecular flexibility index (Phi) is 8.83. The lowest BCUT2D eigenvalue weighted by Crippen LogP contribution is -2.47. The zero-order valence-electron chi connectivity index (χ0n) is 20.2. The van der Waals surface area contributed by atoms with Gasteiger partial charge in [-0.15, -0.1) is 0 Å². The van der Waals surface area contributed by atoms with Crippen molar-refractivity contribution in [1.82, 2.24) is 18.8 Å². The smallest absolute Gasteiger partial charge is 0.325 e. The summed E-state index contributed by atoms with van der Waals surface area (Å²) < 4.78 is 9.23. The van der Waals surface area contributed by atoms with E-state index >= 15 is 0 Å². The van der Waals surface area contributed by atoms with Gasteiger partial charge in [-0.1, -0.05) is 42.5 Å². The first-order chi connectivity index (χ1) is 16.5. The SMILES string of the molecule is COC(=O)CNC(=O)CN(SN1CCCC1)C1CCN(C(C)c2cccc3ccccc23)CC1. The summed E-state index contributed by atoms with van der Waals surface area (Å²) in [6.45, 7) is 6.61. The summed E-state index contributed by atoms with van der Waals surface area (Å²) in [7, 11) is 1.33. The fourth-order valence-electron chi connectivity index (χ4n) is 4.96. The number of ether oxygens (including phenoxy) is 1. The molecule has 1 amide bonds. The summed E-state index contributed by atoms with van der Waals surface area (Å²) in [5.74, 6) is -0.563. The minimum Gasteiger partial charge on any atom is -0.468 e. The van der Waals surface area contributed by atoms with Gasteiger partial charge in [0, 0.05) is 50.4 Å². The maximum absolute atomic E-state index is 12.6.